The van der Waals surface area contributed by atoms with Crippen molar-refractivity contribution in [2.45, 2.75) is 334 Å². The van der Waals surface area contributed by atoms with E-state index < -0.39 is 12.1 Å². The second-order valence-electron chi connectivity index (χ2n) is 20.3. The smallest absolute Gasteiger partial charge is 0.305 e. The van der Waals surface area contributed by atoms with Crippen LogP contribution in [0, 0.1) is 0 Å². The van der Waals surface area contributed by atoms with Crippen LogP contribution in [-0.4, -0.2) is 47.4 Å². The summed E-state index contributed by atoms with van der Waals surface area (Å²) in [5.41, 5.74) is 0. The van der Waals surface area contributed by atoms with E-state index in [0.717, 1.165) is 83.5 Å². The maximum absolute atomic E-state index is 12.5. The molecule has 1 amide bonds. The Morgan fingerprint density at radius 3 is 1.08 bits per heavy atom. The summed E-state index contributed by atoms with van der Waals surface area (Å²) in [5, 5.41) is 23.3. The van der Waals surface area contributed by atoms with Crippen LogP contribution in [0.5, 0.6) is 0 Å². The van der Waals surface area contributed by atoms with Gasteiger partial charge < -0.3 is 20.3 Å². The molecule has 2 atom stereocenters. The molecule has 0 saturated heterocycles. The van der Waals surface area contributed by atoms with Gasteiger partial charge in [-0.2, -0.15) is 0 Å². The Balaban J connectivity index is 3.49. The molecule has 0 rings (SSSR count). The molecule has 0 radical (unpaired) electrons. The molecule has 0 heterocycles. The fourth-order valence-corrected chi connectivity index (χ4v) is 9.16. The molecule has 390 valence electrons. The molecule has 0 bridgehead atoms. The molecule has 0 saturated carbocycles. The number of amides is 1. The maximum atomic E-state index is 12.5. The van der Waals surface area contributed by atoms with Crippen LogP contribution in [0.2, 0.25) is 0 Å². The second-order valence-corrected chi connectivity index (χ2v) is 20.3. The molecule has 0 aliphatic heterocycles. The lowest BCUT2D eigenvalue weighted by Gasteiger charge is -2.22. The maximum Gasteiger partial charge on any atom is 0.305 e. The number of unbranched alkanes of at least 4 members (excludes halogenated alkanes) is 40. The second kappa shape index (κ2) is 55.9. The first-order valence-electron chi connectivity index (χ1n) is 29.6. The molecule has 0 aromatic carbocycles. The summed E-state index contributed by atoms with van der Waals surface area (Å²) in [5.74, 6) is -0.0951. The molecule has 0 aromatic rings. The zero-order chi connectivity index (χ0) is 47.9. The van der Waals surface area contributed by atoms with Crippen LogP contribution in [-0.2, 0) is 14.3 Å². The SMILES string of the molecule is CCCCCCCC/C=C\CCCCCCCCCC(=O)OCCCC/C=C\CCCCCCCC(=O)NC(CO)C(O)CCCCCCCCCCCCCCCCCCCCCCC. The van der Waals surface area contributed by atoms with E-state index in [9.17, 15) is 19.8 Å². The largest absolute Gasteiger partial charge is 0.466 e. The van der Waals surface area contributed by atoms with Crippen LogP contribution in [0.15, 0.2) is 24.3 Å². The molecule has 3 N–H and O–H groups in total. The van der Waals surface area contributed by atoms with Crippen LogP contribution in [0.3, 0.4) is 0 Å². The normalized spacial score (nSPS) is 12.7. The molecular formula is C60H115NO5. The van der Waals surface area contributed by atoms with Crippen LogP contribution in [0.4, 0.5) is 0 Å². The van der Waals surface area contributed by atoms with Crippen molar-refractivity contribution in [1.29, 1.82) is 0 Å². The van der Waals surface area contributed by atoms with E-state index in [1.54, 1.807) is 0 Å². The van der Waals surface area contributed by atoms with Crippen molar-refractivity contribution < 1.29 is 24.5 Å². The Labute approximate surface area is 411 Å². The molecule has 0 aromatic heterocycles. The van der Waals surface area contributed by atoms with Gasteiger partial charge in [0.25, 0.3) is 0 Å². The zero-order valence-electron chi connectivity index (χ0n) is 44.4. The highest BCUT2D eigenvalue weighted by Crippen LogP contribution is 2.17. The predicted octanol–water partition coefficient (Wildman–Crippen LogP) is 18.2. The fourth-order valence-electron chi connectivity index (χ4n) is 9.16. The molecule has 6 nitrogen and oxygen atoms in total. The number of nitrogens with one attached hydrogen (secondary N) is 1. The third-order valence-electron chi connectivity index (χ3n) is 13.7. The standard InChI is InChI=1S/C60H115NO5/c1-3-5-7-9-11-13-15-17-19-21-22-23-24-26-27-29-32-36-40-44-48-52-58(63)57(56-62)61-59(64)53-49-45-41-37-33-31-35-39-43-47-51-55-66-60(65)54-50-46-42-38-34-30-28-25-20-18-16-14-12-10-8-6-4-2/h18,20,35,39,57-58,62-63H,3-17,19,21-34,36-38,40-56H2,1-2H3,(H,61,64)/b20-18-,39-35-. The minimum atomic E-state index is -0.683. The summed E-state index contributed by atoms with van der Waals surface area (Å²) >= 11 is 0. The van der Waals surface area contributed by atoms with Crippen molar-refractivity contribution in [2.75, 3.05) is 13.2 Å². The lowest BCUT2D eigenvalue weighted by atomic mass is 10.0. The van der Waals surface area contributed by atoms with E-state index in [0.29, 0.717) is 25.9 Å². The van der Waals surface area contributed by atoms with Crippen molar-refractivity contribution in [3.8, 4) is 0 Å². The van der Waals surface area contributed by atoms with E-state index in [-0.39, 0.29) is 18.5 Å². The van der Waals surface area contributed by atoms with Gasteiger partial charge in [-0.05, 0) is 77.0 Å². The molecular weight excluding hydrogens is 815 g/mol. The predicted molar refractivity (Wildman–Crippen MR) is 287 cm³/mol. The monoisotopic (exact) mass is 930 g/mol. The lowest BCUT2D eigenvalue weighted by molar-refractivity contribution is -0.143. The van der Waals surface area contributed by atoms with Crippen molar-refractivity contribution in [3.05, 3.63) is 24.3 Å². The number of rotatable bonds is 55. The topological polar surface area (TPSA) is 95.9 Å². The van der Waals surface area contributed by atoms with Gasteiger partial charge in [-0.3, -0.25) is 9.59 Å². The first kappa shape index (κ1) is 64.3. The average Bonchev–Trinajstić information content (AvgIpc) is 3.32. The zero-order valence-corrected chi connectivity index (χ0v) is 44.4. The van der Waals surface area contributed by atoms with Crippen LogP contribution in [0.1, 0.15) is 322 Å². The van der Waals surface area contributed by atoms with Gasteiger partial charge >= 0.3 is 5.97 Å². The highest BCUT2D eigenvalue weighted by molar-refractivity contribution is 5.76. The van der Waals surface area contributed by atoms with E-state index in [2.05, 4.69) is 43.5 Å². The average molecular weight is 931 g/mol. The number of aliphatic hydroxyl groups is 2. The fraction of sp³-hybridized carbons (Fsp3) is 0.900. The van der Waals surface area contributed by atoms with Gasteiger partial charge in [-0.15, -0.1) is 0 Å². The summed E-state index contributed by atoms with van der Waals surface area (Å²) in [7, 11) is 0. The third kappa shape index (κ3) is 51.7. The number of carbonyl (C=O) groups is 2. The van der Waals surface area contributed by atoms with Crippen molar-refractivity contribution in [3.63, 3.8) is 0 Å². The van der Waals surface area contributed by atoms with Gasteiger partial charge in [0.2, 0.25) is 5.91 Å². The lowest BCUT2D eigenvalue weighted by Crippen LogP contribution is -2.45. The molecule has 6 heteroatoms. The third-order valence-corrected chi connectivity index (χ3v) is 13.7. The van der Waals surface area contributed by atoms with Crippen LogP contribution < -0.4 is 5.32 Å². The summed E-state index contributed by atoms with van der Waals surface area (Å²) in [6.07, 6.45) is 67.4. The van der Waals surface area contributed by atoms with E-state index in [1.165, 1.54) is 205 Å². The highest BCUT2D eigenvalue weighted by Gasteiger charge is 2.20. The minimum absolute atomic E-state index is 0.0337. The van der Waals surface area contributed by atoms with Gasteiger partial charge in [0.15, 0.2) is 0 Å². The number of esters is 1. The number of hydrogen-bond donors (Lipinski definition) is 3. The van der Waals surface area contributed by atoms with Gasteiger partial charge in [-0.25, -0.2) is 0 Å². The van der Waals surface area contributed by atoms with Crippen molar-refractivity contribution in [1.82, 2.24) is 5.32 Å². The first-order chi connectivity index (χ1) is 32.5. The minimum Gasteiger partial charge on any atom is -0.466 e. The van der Waals surface area contributed by atoms with Crippen molar-refractivity contribution in [2.24, 2.45) is 0 Å². The Morgan fingerprint density at radius 1 is 0.409 bits per heavy atom. The molecule has 0 spiro atoms. The van der Waals surface area contributed by atoms with Gasteiger partial charge in [-0.1, -0.05) is 256 Å². The summed E-state index contributed by atoms with van der Waals surface area (Å²) in [6.45, 7) is 4.89. The molecule has 2 unspecified atom stereocenters. The molecule has 0 aliphatic carbocycles. The van der Waals surface area contributed by atoms with Gasteiger partial charge in [0.05, 0.1) is 25.4 Å². The Bertz CT molecular complexity index is 1030. The van der Waals surface area contributed by atoms with Crippen LogP contribution >= 0.6 is 0 Å². The summed E-state index contributed by atoms with van der Waals surface area (Å²) in [4.78, 5) is 24.6. The Morgan fingerprint density at radius 2 is 0.712 bits per heavy atom. The number of allylic oxidation sites excluding steroid dienone is 4. The number of hydrogen-bond acceptors (Lipinski definition) is 5. The number of aliphatic hydroxyl groups excluding tert-OH is 2. The summed E-state index contributed by atoms with van der Waals surface area (Å²) in [6, 6.07) is -0.564. The molecule has 0 aliphatic rings. The van der Waals surface area contributed by atoms with E-state index in [4.69, 9.17) is 4.74 Å². The number of ether oxygens (including phenoxy) is 1. The quantitative estimate of drug-likeness (QED) is 0.0321. The molecule has 66 heavy (non-hydrogen) atoms. The first-order valence-corrected chi connectivity index (χ1v) is 29.6. The Kier molecular flexibility index (Phi) is 54.5. The van der Waals surface area contributed by atoms with Gasteiger partial charge in [0, 0.05) is 12.8 Å². The van der Waals surface area contributed by atoms with Crippen LogP contribution in [0.25, 0.3) is 0 Å². The van der Waals surface area contributed by atoms with Crippen molar-refractivity contribution >= 4 is 11.9 Å². The van der Waals surface area contributed by atoms with Gasteiger partial charge in [0.1, 0.15) is 0 Å². The summed E-state index contributed by atoms with van der Waals surface area (Å²) < 4.78 is 5.45. The van der Waals surface area contributed by atoms with E-state index >= 15 is 0 Å². The number of carbonyl (C=O) groups excluding carboxylic acids is 2. The highest BCUT2D eigenvalue weighted by atomic mass is 16.5. The van der Waals surface area contributed by atoms with E-state index in [1.807, 2.05) is 0 Å². The molecule has 0 fully saturated rings. The Hall–Kier alpha value is -1.66.